The van der Waals surface area contributed by atoms with Gasteiger partial charge in [-0.1, -0.05) is 65.2 Å². The second-order valence-corrected chi connectivity index (χ2v) is 7.98. The summed E-state index contributed by atoms with van der Waals surface area (Å²) in [7, 11) is -4.46. The summed E-state index contributed by atoms with van der Waals surface area (Å²) in [5.74, 6) is 0.769. The van der Waals surface area contributed by atoms with Crippen LogP contribution in [0.3, 0.4) is 0 Å². The van der Waals surface area contributed by atoms with Crippen molar-refractivity contribution in [1.29, 1.82) is 0 Å². The zero-order chi connectivity index (χ0) is 18.4. The van der Waals surface area contributed by atoms with Crippen LogP contribution in [0, 0.1) is 0 Å². The molecule has 144 valence electrons. The van der Waals surface area contributed by atoms with Gasteiger partial charge >= 0.3 is 103 Å². The molecule has 0 saturated carbocycles. The number of ether oxygens (including phenoxy) is 2. The standard InChI is InChI=1S/C19H33O5P.2K/c1-2-3-4-5-6-7-8-9-18-10-12-19(13-11-18)24-15-14-23-16-17-25(20,21)22;;/h10-13H,2-9,14-17H2,1H3,(H2,20,21,22);;/q;2*+1/p-2. The molecule has 0 amide bonds. The average molecular weight is 449 g/mol. The monoisotopic (exact) mass is 448 g/mol. The largest absolute Gasteiger partial charge is 1.00 e. The molecule has 0 bridgehead atoms. The molecule has 0 aromatic heterocycles. The number of unbranched alkanes of at least 4 members (excludes halogenated alkanes) is 6. The summed E-state index contributed by atoms with van der Waals surface area (Å²) in [5.41, 5.74) is 1.32. The van der Waals surface area contributed by atoms with Gasteiger partial charge in [0.05, 0.1) is 13.2 Å². The Morgan fingerprint density at radius 3 is 2.04 bits per heavy atom. The fourth-order valence-corrected chi connectivity index (χ4v) is 2.89. The van der Waals surface area contributed by atoms with Gasteiger partial charge in [0, 0.05) is 0 Å². The van der Waals surface area contributed by atoms with Crippen LogP contribution in [0.25, 0.3) is 0 Å². The summed E-state index contributed by atoms with van der Waals surface area (Å²) in [4.78, 5) is 20.9. The maximum absolute atomic E-state index is 10.4. The Hall–Kier alpha value is 2.40. The summed E-state index contributed by atoms with van der Waals surface area (Å²) in [6.45, 7) is 2.76. The summed E-state index contributed by atoms with van der Waals surface area (Å²) >= 11 is 0. The summed E-state index contributed by atoms with van der Waals surface area (Å²) < 4.78 is 21.0. The van der Waals surface area contributed by atoms with Gasteiger partial charge in [0.1, 0.15) is 12.4 Å². The molecule has 27 heavy (non-hydrogen) atoms. The number of aryl methyl sites for hydroxylation is 1. The van der Waals surface area contributed by atoms with Crippen molar-refractivity contribution >= 4 is 7.60 Å². The van der Waals surface area contributed by atoms with Gasteiger partial charge in [-0.25, -0.2) is 0 Å². The Morgan fingerprint density at radius 1 is 0.852 bits per heavy atom. The molecule has 0 aliphatic heterocycles. The van der Waals surface area contributed by atoms with E-state index in [0.29, 0.717) is 6.61 Å². The third-order valence-corrected chi connectivity index (χ3v) is 4.73. The summed E-state index contributed by atoms with van der Waals surface area (Å²) in [5, 5.41) is 0. The molecular weight excluding hydrogens is 417 g/mol. The van der Waals surface area contributed by atoms with E-state index in [1.165, 1.54) is 50.5 Å². The third kappa shape index (κ3) is 20.1. The minimum Gasteiger partial charge on any atom is -0.811 e. The molecule has 0 radical (unpaired) electrons. The molecular formula is C19H31K2O5P. The number of rotatable bonds is 15. The number of hydrogen-bond donors (Lipinski definition) is 0. The molecule has 0 spiro atoms. The molecule has 0 N–H and O–H groups in total. The van der Waals surface area contributed by atoms with Gasteiger partial charge in [-0.05, 0) is 36.7 Å². The van der Waals surface area contributed by atoms with E-state index < -0.39 is 13.8 Å². The van der Waals surface area contributed by atoms with Gasteiger partial charge in [-0.2, -0.15) is 0 Å². The second kappa shape index (κ2) is 20.3. The van der Waals surface area contributed by atoms with E-state index in [0.717, 1.165) is 12.2 Å². The van der Waals surface area contributed by atoms with E-state index >= 15 is 0 Å². The van der Waals surface area contributed by atoms with Crippen LogP contribution in [0.4, 0.5) is 0 Å². The maximum atomic E-state index is 10.4. The van der Waals surface area contributed by atoms with Crippen molar-refractivity contribution in [3.63, 3.8) is 0 Å². The average Bonchev–Trinajstić information content (AvgIpc) is 2.57. The van der Waals surface area contributed by atoms with Crippen molar-refractivity contribution in [2.45, 2.75) is 58.3 Å². The first-order valence-corrected chi connectivity index (χ1v) is 11.0. The molecule has 1 aromatic rings. The fourth-order valence-electron chi connectivity index (χ4n) is 2.54. The van der Waals surface area contributed by atoms with Gasteiger partial charge in [0.15, 0.2) is 0 Å². The SMILES string of the molecule is CCCCCCCCCc1ccc(OCCOCCP(=O)([O-])[O-])cc1.[K+].[K+]. The topological polar surface area (TPSA) is 81.7 Å². The Kier molecular flexibility index (Phi) is 23.8. The Morgan fingerprint density at radius 2 is 1.44 bits per heavy atom. The van der Waals surface area contributed by atoms with E-state index in [-0.39, 0.29) is 116 Å². The number of hydrogen-bond acceptors (Lipinski definition) is 5. The van der Waals surface area contributed by atoms with E-state index in [1.807, 2.05) is 12.1 Å². The van der Waals surface area contributed by atoms with Crippen molar-refractivity contribution in [2.24, 2.45) is 0 Å². The van der Waals surface area contributed by atoms with Crippen LogP contribution in [0.5, 0.6) is 5.75 Å². The molecule has 0 saturated heterocycles. The zero-order valence-electron chi connectivity index (χ0n) is 17.3. The van der Waals surface area contributed by atoms with Crippen LogP contribution < -0.4 is 117 Å². The molecule has 0 aliphatic rings. The van der Waals surface area contributed by atoms with Gasteiger partial charge < -0.3 is 23.8 Å². The second-order valence-electron chi connectivity index (χ2n) is 6.31. The van der Waals surface area contributed by atoms with Crippen molar-refractivity contribution in [2.75, 3.05) is 26.0 Å². The molecule has 0 heterocycles. The molecule has 0 fully saturated rings. The molecule has 1 rings (SSSR count). The zero-order valence-corrected chi connectivity index (χ0v) is 24.4. The predicted molar refractivity (Wildman–Crippen MR) is 96.9 cm³/mol. The quantitative estimate of drug-likeness (QED) is 0.166. The Bertz CT molecular complexity index is 493. The van der Waals surface area contributed by atoms with E-state index in [9.17, 15) is 14.4 Å². The van der Waals surface area contributed by atoms with Gasteiger partial charge in [0.25, 0.3) is 0 Å². The first-order valence-electron chi connectivity index (χ1n) is 9.32. The van der Waals surface area contributed by atoms with Crippen LogP contribution >= 0.6 is 7.60 Å². The van der Waals surface area contributed by atoms with E-state index in [4.69, 9.17) is 9.47 Å². The van der Waals surface area contributed by atoms with Crippen LogP contribution in [0.1, 0.15) is 57.4 Å². The summed E-state index contributed by atoms with van der Waals surface area (Å²) in [6, 6.07) is 8.05. The van der Waals surface area contributed by atoms with Crippen molar-refractivity contribution < 1.29 is 127 Å². The van der Waals surface area contributed by atoms with Crippen molar-refractivity contribution in [3.8, 4) is 5.75 Å². The first kappa shape index (κ1) is 31.6. The smallest absolute Gasteiger partial charge is 0.811 e. The molecule has 0 atom stereocenters. The fraction of sp³-hybridized carbons (Fsp3) is 0.684. The van der Waals surface area contributed by atoms with E-state index in [2.05, 4.69) is 19.1 Å². The first-order chi connectivity index (χ1) is 12.0. The maximum Gasteiger partial charge on any atom is 1.00 e. The van der Waals surface area contributed by atoms with Crippen LogP contribution in [-0.4, -0.2) is 26.0 Å². The van der Waals surface area contributed by atoms with Crippen LogP contribution in [0.2, 0.25) is 0 Å². The Labute approximate surface area is 249 Å². The molecule has 8 heteroatoms. The third-order valence-electron chi connectivity index (χ3n) is 4.00. The van der Waals surface area contributed by atoms with Crippen molar-refractivity contribution in [1.82, 2.24) is 0 Å². The van der Waals surface area contributed by atoms with Gasteiger partial charge in [-0.3, -0.25) is 0 Å². The molecule has 1 aromatic carbocycles. The van der Waals surface area contributed by atoms with Crippen molar-refractivity contribution in [3.05, 3.63) is 29.8 Å². The van der Waals surface area contributed by atoms with Gasteiger partial charge in [0.2, 0.25) is 0 Å². The normalized spacial score (nSPS) is 10.8. The number of benzene rings is 1. The summed E-state index contributed by atoms with van der Waals surface area (Å²) in [6.07, 6.45) is 9.83. The minimum absolute atomic E-state index is 0. The molecule has 0 aliphatic carbocycles. The molecule has 0 unspecified atom stereocenters. The van der Waals surface area contributed by atoms with E-state index in [1.54, 1.807) is 0 Å². The minimum atomic E-state index is -4.46. The van der Waals surface area contributed by atoms with Crippen LogP contribution in [0.15, 0.2) is 24.3 Å². The predicted octanol–water partition coefficient (Wildman–Crippen LogP) is -2.70. The molecule has 5 nitrogen and oxygen atoms in total. The van der Waals surface area contributed by atoms with Crippen LogP contribution in [-0.2, 0) is 15.7 Å². The Balaban J connectivity index is 0. The van der Waals surface area contributed by atoms with Gasteiger partial charge in [-0.15, -0.1) is 0 Å².